The maximum atomic E-state index is 7.83. The van der Waals surface area contributed by atoms with E-state index in [1.165, 1.54) is 96.3 Å². The average molecular weight is 326 g/mol. The van der Waals surface area contributed by atoms with Crippen LogP contribution in [0.15, 0.2) is 0 Å². The summed E-state index contributed by atoms with van der Waals surface area (Å²) in [5.74, 6) is 0.513. The van der Waals surface area contributed by atoms with Crippen molar-refractivity contribution in [3.63, 3.8) is 0 Å². The number of rotatable bonds is 17. The highest BCUT2D eigenvalue weighted by atomic mass is 15.1. The summed E-state index contributed by atoms with van der Waals surface area (Å²) < 4.78 is 0. The lowest BCUT2D eigenvalue weighted by Gasteiger charge is -2.10. The van der Waals surface area contributed by atoms with E-state index in [-0.39, 0.29) is 0 Å². The number of guanidine groups is 1. The second-order valence-electron chi connectivity index (χ2n) is 6.82. The molecule has 0 radical (unpaired) electrons. The van der Waals surface area contributed by atoms with E-state index in [1.807, 2.05) is 0 Å². The molecule has 0 aliphatic rings. The fourth-order valence-electron chi connectivity index (χ4n) is 2.83. The third-order valence-electron chi connectivity index (χ3n) is 4.41. The van der Waals surface area contributed by atoms with Gasteiger partial charge in [-0.3, -0.25) is 5.41 Å². The first-order chi connectivity index (χ1) is 11.3. The zero-order valence-corrected chi connectivity index (χ0v) is 16.0. The van der Waals surface area contributed by atoms with Crippen molar-refractivity contribution in [3.8, 4) is 0 Å². The number of hydrogen-bond donors (Lipinski definition) is 3. The highest BCUT2D eigenvalue weighted by Gasteiger charge is 1.96. The Morgan fingerprint density at radius 1 is 0.522 bits per heavy atom. The van der Waals surface area contributed by atoms with Gasteiger partial charge in [-0.05, 0) is 12.8 Å². The first kappa shape index (κ1) is 22.3. The van der Waals surface area contributed by atoms with Crippen molar-refractivity contribution < 1.29 is 0 Å². The molecule has 23 heavy (non-hydrogen) atoms. The summed E-state index contributed by atoms with van der Waals surface area (Å²) in [7, 11) is 0. The fraction of sp³-hybridized carbons (Fsp3) is 0.950. The highest BCUT2D eigenvalue weighted by Crippen LogP contribution is 2.08. The van der Waals surface area contributed by atoms with E-state index in [9.17, 15) is 0 Å². The Kier molecular flexibility index (Phi) is 18.7. The summed E-state index contributed by atoms with van der Waals surface area (Å²) in [6, 6.07) is 0. The van der Waals surface area contributed by atoms with Crippen molar-refractivity contribution in [2.24, 2.45) is 0 Å². The molecule has 0 heterocycles. The van der Waals surface area contributed by atoms with Gasteiger partial charge in [-0.15, -0.1) is 0 Å². The summed E-state index contributed by atoms with van der Waals surface area (Å²) in [6.45, 7) is 6.41. The van der Waals surface area contributed by atoms with Crippen molar-refractivity contribution in [2.45, 2.75) is 110 Å². The first-order valence-corrected chi connectivity index (χ1v) is 10.4. The molecule has 0 aromatic heterocycles. The Balaban J connectivity index is 3.13. The minimum Gasteiger partial charge on any atom is -0.357 e. The number of hydrogen-bond acceptors (Lipinski definition) is 1. The molecule has 0 fully saturated rings. The lowest BCUT2D eigenvalue weighted by molar-refractivity contribution is 0.568. The summed E-state index contributed by atoms with van der Waals surface area (Å²) in [5.41, 5.74) is 0. The van der Waals surface area contributed by atoms with Crippen molar-refractivity contribution in [1.29, 1.82) is 5.41 Å². The van der Waals surface area contributed by atoms with Crippen molar-refractivity contribution in [2.75, 3.05) is 13.1 Å². The van der Waals surface area contributed by atoms with Gasteiger partial charge in [0.15, 0.2) is 5.96 Å². The maximum absolute atomic E-state index is 7.83. The smallest absolute Gasteiger partial charge is 0.188 e. The Hall–Kier alpha value is -0.730. The molecule has 0 bridgehead atoms. The lowest BCUT2D eigenvalue weighted by Crippen LogP contribution is -2.37. The Bertz CT molecular complexity index is 241. The van der Waals surface area contributed by atoms with Gasteiger partial charge in [0.25, 0.3) is 0 Å². The molecule has 0 unspecified atom stereocenters. The van der Waals surface area contributed by atoms with Crippen LogP contribution in [0.5, 0.6) is 0 Å². The van der Waals surface area contributed by atoms with Gasteiger partial charge in [-0.1, -0.05) is 97.3 Å². The van der Waals surface area contributed by atoms with Crippen molar-refractivity contribution in [3.05, 3.63) is 0 Å². The fourth-order valence-corrected chi connectivity index (χ4v) is 2.83. The molecule has 0 aliphatic heterocycles. The van der Waals surface area contributed by atoms with Gasteiger partial charge < -0.3 is 10.6 Å². The molecule has 3 heteroatoms. The largest absolute Gasteiger partial charge is 0.357 e. The van der Waals surface area contributed by atoms with E-state index in [0.29, 0.717) is 5.96 Å². The van der Waals surface area contributed by atoms with Gasteiger partial charge in [-0.2, -0.15) is 0 Å². The topological polar surface area (TPSA) is 47.9 Å². The molecule has 0 aliphatic carbocycles. The molecule has 0 aromatic rings. The van der Waals surface area contributed by atoms with Crippen molar-refractivity contribution >= 4 is 5.96 Å². The van der Waals surface area contributed by atoms with Crippen LogP contribution in [0.25, 0.3) is 0 Å². The van der Waals surface area contributed by atoms with Crippen LogP contribution >= 0.6 is 0 Å². The van der Waals surface area contributed by atoms with Crippen LogP contribution in [0.1, 0.15) is 110 Å². The van der Waals surface area contributed by atoms with Crippen molar-refractivity contribution in [1.82, 2.24) is 10.6 Å². The molecule has 0 spiro atoms. The average Bonchev–Trinajstić information content (AvgIpc) is 2.56. The molecule has 0 rings (SSSR count). The molecular weight excluding hydrogens is 282 g/mol. The van der Waals surface area contributed by atoms with Gasteiger partial charge in [-0.25, -0.2) is 0 Å². The van der Waals surface area contributed by atoms with E-state index in [1.54, 1.807) is 0 Å². The van der Waals surface area contributed by atoms with Gasteiger partial charge >= 0.3 is 0 Å². The van der Waals surface area contributed by atoms with Gasteiger partial charge in [0, 0.05) is 13.1 Å². The maximum Gasteiger partial charge on any atom is 0.188 e. The Labute approximate surface area is 145 Å². The molecule has 0 saturated carbocycles. The van der Waals surface area contributed by atoms with E-state index in [2.05, 4.69) is 24.5 Å². The normalized spacial score (nSPS) is 10.7. The summed E-state index contributed by atoms with van der Waals surface area (Å²) in [6.07, 6.45) is 20.0. The quantitative estimate of drug-likeness (QED) is 0.175. The van der Waals surface area contributed by atoms with Crippen LogP contribution < -0.4 is 10.6 Å². The predicted octanol–water partition coefficient (Wildman–Crippen LogP) is 5.99. The van der Waals surface area contributed by atoms with E-state index in [0.717, 1.165) is 13.1 Å². The second-order valence-corrected chi connectivity index (χ2v) is 6.82. The number of nitrogens with one attached hydrogen (secondary N) is 3. The SMILES string of the molecule is CCCCCCCCCCNC(=N)NCCCCCCCCC. The third-order valence-corrected chi connectivity index (χ3v) is 4.41. The molecule has 138 valence electrons. The Morgan fingerprint density at radius 3 is 1.17 bits per heavy atom. The minimum absolute atomic E-state index is 0.513. The van der Waals surface area contributed by atoms with E-state index < -0.39 is 0 Å². The summed E-state index contributed by atoms with van der Waals surface area (Å²) in [5, 5.41) is 14.2. The zero-order valence-electron chi connectivity index (χ0n) is 16.0. The predicted molar refractivity (Wildman–Crippen MR) is 104 cm³/mol. The van der Waals surface area contributed by atoms with Crippen LogP contribution in [0.2, 0.25) is 0 Å². The molecule has 3 N–H and O–H groups in total. The second kappa shape index (κ2) is 19.3. The van der Waals surface area contributed by atoms with Gasteiger partial charge in [0.05, 0.1) is 0 Å². The van der Waals surface area contributed by atoms with E-state index in [4.69, 9.17) is 5.41 Å². The van der Waals surface area contributed by atoms with Gasteiger partial charge in [0.1, 0.15) is 0 Å². The van der Waals surface area contributed by atoms with Crippen LogP contribution in [-0.4, -0.2) is 19.0 Å². The minimum atomic E-state index is 0.513. The lowest BCUT2D eigenvalue weighted by atomic mass is 10.1. The van der Waals surface area contributed by atoms with Crippen LogP contribution in [0, 0.1) is 5.41 Å². The molecule has 3 nitrogen and oxygen atoms in total. The summed E-state index contributed by atoms with van der Waals surface area (Å²) >= 11 is 0. The molecule has 0 saturated heterocycles. The molecule has 0 atom stereocenters. The van der Waals surface area contributed by atoms with Gasteiger partial charge in [0.2, 0.25) is 0 Å². The zero-order chi connectivity index (χ0) is 17.0. The standard InChI is InChI=1S/C20H43N3/c1-3-5-7-9-11-13-15-17-19-23-20(21)22-18-16-14-12-10-8-6-4-2/h3-19H2,1-2H3,(H3,21,22,23). The molecule has 0 aromatic carbocycles. The Morgan fingerprint density at radius 2 is 0.826 bits per heavy atom. The third kappa shape index (κ3) is 19.2. The molecular formula is C20H43N3. The first-order valence-electron chi connectivity index (χ1n) is 10.4. The van der Waals surface area contributed by atoms with Crippen LogP contribution in [0.4, 0.5) is 0 Å². The highest BCUT2D eigenvalue weighted by molar-refractivity contribution is 5.76. The van der Waals surface area contributed by atoms with E-state index >= 15 is 0 Å². The van der Waals surface area contributed by atoms with Crippen LogP contribution in [0.3, 0.4) is 0 Å². The molecule has 0 amide bonds. The summed E-state index contributed by atoms with van der Waals surface area (Å²) in [4.78, 5) is 0. The van der Waals surface area contributed by atoms with Crippen LogP contribution in [-0.2, 0) is 0 Å². The monoisotopic (exact) mass is 325 g/mol. The number of unbranched alkanes of at least 4 members (excludes halogenated alkanes) is 13.